The SMILES string of the molecule is Cc1cccc(CC(O)c2cccc(Cl)c2)c1. The van der Waals surface area contributed by atoms with Crippen LogP contribution in [0.3, 0.4) is 0 Å². The molecule has 0 aliphatic carbocycles. The first kappa shape index (κ1) is 12.2. The van der Waals surface area contributed by atoms with Crippen molar-refractivity contribution >= 4 is 11.6 Å². The molecule has 0 amide bonds. The van der Waals surface area contributed by atoms with Crippen LogP contribution in [0.25, 0.3) is 0 Å². The van der Waals surface area contributed by atoms with E-state index in [9.17, 15) is 5.11 Å². The molecule has 0 saturated heterocycles. The van der Waals surface area contributed by atoms with Gasteiger partial charge in [0.05, 0.1) is 6.10 Å². The summed E-state index contributed by atoms with van der Waals surface area (Å²) in [5.74, 6) is 0. The van der Waals surface area contributed by atoms with Crippen LogP contribution in [-0.4, -0.2) is 5.11 Å². The number of hydrogen-bond acceptors (Lipinski definition) is 1. The van der Waals surface area contributed by atoms with E-state index in [1.165, 1.54) is 5.56 Å². The lowest BCUT2D eigenvalue weighted by atomic mass is 10.0. The Balaban J connectivity index is 2.14. The molecule has 0 aromatic heterocycles. The first-order valence-electron chi connectivity index (χ1n) is 5.64. The van der Waals surface area contributed by atoms with E-state index in [4.69, 9.17) is 11.6 Å². The van der Waals surface area contributed by atoms with Gasteiger partial charge in [0.1, 0.15) is 0 Å². The first-order chi connectivity index (χ1) is 8.15. The number of rotatable bonds is 3. The molecule has 0 aliphatic rings. The second-order valence-corrected chi connectivity index (χ2v) is 4.70. The molecule has 0 aliphatic heterocycles. The van der Waals surface area contributed by atoms with Crippen molar-refractivity contribution in [2.75, 3.05) is 0 Å². The van der Waals surface area contributed by atoms with Crippen LogP contribution in [-0.2, 0) is 6.42 Å². The van der Waals surface area contributed by atoms with E-state index in [1.807, 2.05) is 36.4 Å². The summed E-state index contributed by atoms with van der Waals surface area (Å²) in [5.41, 5.74) is 3.21. The summed E-state index contributed by atoms with van der Waals surface area (Å²) < 4.78 is 0. The number of aliphatic hydroxyl groups excluding tert-OH is 1. The number of halogens is 1. The maximum atomic E-state index is 10.1. The lowest BCUT2D eigenvalue weighted by Gasteiger charge is -2.11. The summed E-state index contributed by atoms with van der Waals surface area (Å²) in [6, 6.07) is 15.6. The zero-order valence-corrected chi connectivity index (χ0v) is 10.5. The van der Waals surface area contributed by atoms with Gasteiger partial charge in [-0.25, -0.2) is 0 Å². The molecule has 0 saturated carbocycles. The Morgan fingerprint density at radius 3 is 2.59 bits per heavy atom. The van der Waals surface area contributed by atoms with E-state index in [-0.39, 0.29) is 0 Å². The number of aliphatic hydroxyl groups is 1. The van der Waals surface area contributed by atoms with E-state index in [2.05, 4.69) is 19.1 Å². The third kappa shape index (κ3) is 3.32. The van der Waals surface area contributed by atoms with Crippen molar-refractivity contribution in [3.05, 3.63) is 70.2 Å². The Morgan fingerprint density at radius 1 is 1.12 bits per heavy atom. The highest BCUT2D eigenvalue weighted by atomic mass is 35.5. The van der Waals surface area contributed by atoms with E-state index < -0.39 is 6.10 Å². The smallest absolute Gasteiger partial charge is 0.0830 e. The minimum Gasteiger partial charge on any atom is -0.388 e. The van der Waals surface area contributed by atoms with Gasteiger partial charge >= 0.3 is 0 Å². The quantitative estimate of drug-likeness (QED) is 0.870. The van der Waals surface area contributed by atoms with E-state index in [0.29, 0.717) is 11.4 Å². The summed E-state index contributed by atoms with van der Waals surface area (Å²) in [7, 11) is 0. The van der Waals surface area contributed by atoms with Crippen LogP contribution in [0.4, 0.5) is 0 Å². The molecule has 0 bridgehead atoms. The summed E-state index contributed by atoms with van der Waals surface area (Å²) in [5, 5.41) is 10.8. The third-order valence-corrected chi connectivity index (χ3v) is 2.98. The van der Waals surface area contributed by atoms with Gasteiger partial charge in [-0.1, -0.05) is 53.6 Å². The Kier molecular flexibility index (Phi) is 3.82. The van der Waals surface area contributed by atoms with Crippen LogP contribution in [0.15, 0.2) is 48.5 Å². The fraction of sp³-hybridized carbons (Fsp3) is 0.200. The molecule has 0 spiro atoms. The Labute approximate surface area is 107 Å². The van der Waals surface area contributed by atoms with Gasteiger partial charge in [0.2, 0.25) is 0 Å². The van der Waals surface area contributed by atoms with Crippen molar-refractivity contribution in [3.63, 3.8) is 0 Å². The van der Waals surface area contributed by atoms with Crippen LogP contribution < -0.4 is 0 Å². The van der Waals surface area contributed by atoms with Crippen molar-refractivity contribution in [1.82, 2.24) is 0 Å². The van der Waals surface area contributed by atoms with Crippen molar-refractivity contribution in [3.8, 4) is 0 Å². The van der Waals surface area contributed by atoms with Gasteiger partial charge in [-0.15, -0.1) is 0 Å². The molecule has 1 N–H and O–H groups in total. The highest BCUT2D eigenvalue weighted by Gasteiger charge is 2.08. The van der Waals surface area contributed by atoms with Gasteiger partial charge in [-0.05, 0) is 30.2 Å². The maximum Gasteiger partial charge on any atom is 0.0830 e. The molecule has 2 rings (SSSR count). The maximum absolute atomic E-state index is 10.1. The zero-order chi connectivity index (χ0) is 12.3. The predicted octanol–water partition coefficient (Wildman–Crippen LogP) is 3.92. The first-order valence-corrected chi connectivity index (χ1v) is 6.02. The molecule has 0 heterocycles. The summed E-state index contributed by atoms with van der Waals surface area (Å²) in [6.45, 7) is 2.05. The monoisotopic (exact) mass is 246 g/mol. The summed E-state index contributed by atoms with van der Waals surface area (Å²) in [6.07, 6.45) is 0.109. The van der Waals surface area contributed by atoms with Crippen LogP contribution >= 0.6 is 11.6 Å². The van der Waals surface area contributed by atoms with Gasteiger partial charge in [0.25, 0.3) is 0 Å². The molecule has 1 atom stereocenters. The molecule has 17 heavy (non-hydrogen) atoms. The second kappa shape index (κ2) is 5.35. The molecule has 2 aromatic carbocycles. The van der Waals surface area contributed by atoms with Crippen molar-refractivity contribution in [2.24, 2.45) is 0 Å². The van der Waals surface area contributed by atoms with Crippen molar-refractivity contribution in [1.29, 1.82) is 0 Å². The van der Waals surface area contributed by atoms with Gasteiger partial charge in [0.15, 0.2) is 0 Å². The van der Waals surface area contributed by atoms with Crippen LogP contribution in [0.1, 0.15) is 22.8 Å². The highest BCUT2D eigenvalue weighted by molar-refractivity contribution is 6.30. The van der Waals surface area contributed by atoms with Crippen molar-refractivity contribution < 1.29 is 5.11 Å². The average Bonchev–Trinajstić information content (AvgIpc) is 2.29. The van der Waals surface area contributed by atoms with Crippen LogP contribution in [0.5, 0.6) is 0 Å². The molecule has 0 radical (unpaired) electrons. The fourth-order valence-corrected chi connectivity index (χ4v) is 2.09. The minimum absolute atomic E-state index is 0.504. The normalized spacial score (nSPS) is 12.4. The zero-order valence-electron chi connectivity index (χ0n) is 9.73. The molecule has 88 valence electrons. The number of hydrogen-bond donors (Lipinski definition) is 1. The number of aryl methyl sites for hydroxylation is 1. The standard InChI is InChI=1S/C15H15ClO/c1-11-4-2-5-12(8-11)9-15(17)13-6-3-7-14(16)10-13/h2-8,10,15,17H,9H2,1H3. The molecule has 1 unspecified atom stereocenters. The molecular formula is C15H15ClO. The Hall–Kier alpha value is -1.31. The number of benzene rings is 2. The van der Waals surface area contributed by atoms with E-state index in [1.54, 1.807) is 0 Å². The highest BCUT2D eigenvalue weighted by Crippen LogP contribution is 2.21. The van der Waals surface area contributed by atoms with Gasteiger partial charge in [-0.2, -0.15) is 0 Å². The van der Waals surface area contributed by atoms with Gasteiger partial charge < -0.3 is 5.11 Å². The predicted molar refractivity (Wildman–Crippen MR) is 71.3 cm³/mol. The van der Waals surface area contributed by atoms with Gasteiger partial charge in [0, 0.05) is 11.4 Å². The van der Waals surface area contributed by atoms with E-state index in [0.717, 1.165) is 11.1 Å². The molecule has 1 nitrogen and oxygen atoms in total. The lowest BCUT2D eigenvalue weighted by Crippen LogP contribution is -2.01. The minimum atomic E-state index is -0.504. The topological polar surface area (TPSA) is 20.2 Å². The summed E-state index contributed by atoms with van der Waals surface area (Å²) >= 11 is 5.91. The third-order valence-electron chi connectivity index (χ3n) is 2.74. The average molecular weight is 247 g/mol. The van der Waals surface area contributed by atoms with Crippen molar-refractivity contribution in [2.45, 2.75) is 19.4 Å². The largest absolute Gasteiger partial charge is 0.388 e. The molecule has 2 aromatic rings. The van der Waals surface area contributed by atoms with Gasteiger partial charge in [-0.3, -0.25) is 0 Å². The molecule has 2 heteroatoms. The molecule has 0 fully saturated rings. The fourth-order valence-electron chi connectivity index (χ4n) is 1.89. The van der Waals surface area contributed by atoms with Crippen LogP contribution in [0, 0.1) is 6.92 Å². The second-order valence-electron chi connectivity index (χ2n) is 4.26. The lowest BCUT2D eigenvalue weighted by molar-refractivity contribution is 0.178. The van der Waals surface area contributed by atoms with Crippen LogP contribution in [0.2, 0.25) is 5.02 Å². The Bertz CT molecular complexity index is 508. The molecular weight excluding hydrogens is 232 g/mol. The van der Waals surface area contributed by atoms with E-state index >= 15 is 0 Å². The summed E-state index contributed by atoms with van der Waals surface area (Å²) in [4.78, 5) is 0. The Morgan fingerprint density at radius 2 is 1.88 bits per heavy atom.